The minimum Gasteiger partial charge on any atom is -0.393 e. The van der Waals surface area contributed by atoms with E-state index in [0.717, 1.165) is 51.4 Å². The Hall–Kier alpha value is -0.0800. The third kappa shape index (κ3) is 6.58. The van der Waals surface area contributed by atoms with E-state index in [9.17, 15) is 10.2 Å². The Labute approximate surface area is 126 Å². The number of hydrogen-bond acceptors (Lipinski definition) is 2. The molecule has 0 bridgehead atoms. The lowest BCUT2D eigenvalue weighted by Gasteiger charge is -2.34. The van der Waals surface area contributed by atoms with Gasteiger partial charge >= 0.3 is 0 Å². The standard InChI is InChI=1S/C18H36O2/c1-3-5-7-9-17(19)15-11-13-16(14-12-15)18(20)10-8-6-4-2/h15-20H,3-14H2,1-2H3. The van der Waals surface area contributed by atoms with Crippen molar-refractivity contribution in [1.82, 2.24) is 0 Å². The molecule has 1 fully saturated rings. The molecule has 1 saturated carbocycles. The second-order valence-corrected chi connectivity index (χ2v) is 6.80. The highest BCUT2D eigenvalue weighted by atomic mass is 16.3. The number of aliphatic hydroxyl groups is 2. The van der Waals surface area contributed by atoms with Gasteiger partial charge in [0.2, 0.25) is 0 Å². The molecule has 1 aliphatic rings. The molecule has 120 valence electrons. The van der Waals surface area contributed by atoms with Gasteiger partial charge in [0, 0.05) is 0 Å². The van der Waals surface area contributed by atoms with Crippen LogP contribution in [0.4, 0.5) is 0 Å². The molecule has 0 aromatic heterocycles. The molecule has 2 N–H and O–H groups in total. The molecule has 0 amide bonds. The van der Waals surface area contributed by atoms with Gasteiger partial charge < -0.3 is 10.2 Å². The average Bonchev–Trinajstić information content (AvgIpc) is 2.47. The maximum absolute atomic E-state index is 10.2. The van der Waals surface area contributed by atoms with Gasteiger partial charge in [-0.3, -0.25) is 0 Å². The minimum absolute atomic E-state index is 0.0975. The van der Waals surface area contributed by atoms with Crippen LogP contribution in [-0.2, 0) is 0 Å². The van der Waals surface area contributed by atoms with E-state index in [1.165, 1.54) is 25.7 Å². The summed E-state index contributed by atoms with van der Waals surface area (Å²) >= 11 is 0. The minimum atomic E-state index is -0.0975. The van der Waals surface area contributed by atoms with Crippen LogP contribution in [0.3, 0.4) is 0 Å². The fraction of sp³-hybridized carbons (Fsp3) is 1.00. The monoisotopic (exact) mass is 284 g/mol. The van der Waals surface area contributed by atoms with Crippen molar-refractivity contribution in [2.24, 2.45) is 11.8 Å². The van der Waals surface area contributed by atoms with Crippen molar-refractivity contribution in [3.05, 3.63) is 0 Å². The molecule has 0 spiro atoms. The van der Waals surface area contributed by atoms with Gasteiger partial charge in [-0.05, 0) is 50.4 Å². The predicted molar refractivity (Wildman–Crippen MR) is 85.7 cm³/mol. The van der Waals surface area contributed by atoms with Crippen molar-refractivity contribution in [3.8, 4) is 0 Å². The molecule has 0 aliphatic heterocycles. The van der Waals surface area contributed by atoms with Crippen molar-refractivity contribution in [2.75, 3.05) is 0 Å². The van der Waals surface area contributed by atoms with Crippen LogP contribution in [0.1, 0.15) is 90.9 Å². The second-order valence-electron chi connectivity index (χ2n) is 6.80. The summed E-state index contributed by atoms with van der Waals surface area (Å²) in [4.78, 5) is 0. The SMILES string of the molecule is CCCCCC(O)C1CCC(C(O)CCCCC)CC1. The van der Waals surface area contributed by atoms with Gasteiger partial charge in [0.1, 0.15) is 0 Å². The molecule has 2 heteroatoms. The molecule has 2 nitrogen and oxygen atoms in total. The third-order valence-corrected chi connectivity index (χ3v) is 5.11. The molecular formula is C18H36O2. The first-order chi connectivity index (χ1) is 9.69. The Balaban J connectivity index is 2.18. The molecule has 2 unspecified atom stereocenters. The molecule has 2 atom stereocenters. The summed E-state index contributed by atoms with van der Waals surface area (Å²) < 4.78 is 0. The van der Waals surface area contributed by atoms with Gasteiger partial charge in [-0.25, -0.2) is 0 Å². The average molecular weight is 284 g/mol. The third-order valence-electron chi connectivity index (χ3n) is 5.11. The van der Waals surface area contributed by atoms with E-state index >= 15 is 0 Å². The predicted octanol–water partition coefficient (Wildman–Crippen LogP) is 4.68. The Morgan fingerprint density at radius 3 is 1.35 bits per heavy atom. The fourth-order valence-electron chi connectivity index (χ4n) is 3.59. The Bertz CT molecular complexity index is 197. The van der Waals surface area contributed by atoms with Gasteiger partial charge in [-0.2, -0.15) is 0 Å². The summed E-state index contributed by atoms with van der Waals surface area (Å²) in [6, 6.07) is 0. The summed E-state index contributed by atoms with van der Waals surface area (Å²) in [7, 11) is 0. The second kappa shape index (κ2) is 10.6. The van der Waals surface area contributed by atoms with Crippen molar-refractivity contribution in [2.45, 2.75) is 103 Å². The van der Waals surface area contributed by atoms with E-state index in [2.05, 4.69) is 13.8 Å². The van der Waals surface area contributed by atoms with Crippen LogP contribution in [0.25, 0.3) is 0 Å². The Morgan fingerprint density at radius 1 is 0.700 bits per heavy atom. The quantitative estimate of drug-likeness (QED) is 0.572. The first kappa shape index (κ1) is 18.0. The van der Waals surface area contributed by atoms with E-state index in [4.69, 9.17) is 0 Å². The van der Waals surface area contributed by atoms with E-state index < -0.39 is 0 Å². The fourth-order valence-corrected chi connectivity index (χ4v) is 3.59. The molecule has 0 saturated heterocycles. The zero-order valence-electron chi connectivity index (χ0n) is 13.7. The van der Waals surface area contributed by atoms with Crippen LogP contribution in [0.15, 0.2) is 0 Å². The molecule has 1 aliphatic carbocycles. The van der Waals surface area contributed by atoms with Gasteiger partial charge in [-0.15, -0.1) is 0 Å². The molecule has 0 aromatic carbocycles. The lowest BCUT2D eigenvalue weighted by molar-refractivity contribution is 0.0257. The normalized spacial score (nSPS) is 26.4. The molecule has 20 heavy (non-hydrogen) atoms. The van der Waals surface area contributed by atoms with Crippen molar-refractivity contribution in [1.29, 1.82) is 0 Å². The zero-order valence-corrected chi connectivity index (χ0v) is 13.7. The summed E-state index contributed by atoms with van der Waals surface area (Å²) in [6.07, 6.45) is 13.5. The first-order valence-corrected chi connectivity index (χ1v) is 9.05. The van der Waals surface area contributed by atoms with E-state index in [1.807, 2.05) is 0 Å². The van der Waals surface area contributed by atoms with Crippen LogP contribution in [0.2, 0.25) is 0 Å². The summed E-state index contributed by atoms with van der Waals surface area (Å²) in [5.41, 5.74) is 0. The van der Waals surface area contributed by atoms with Crippen LogP contribution < -0.4 is 0 Å². The van der Waals surface area contributed by atoms with Crippen molar-refractivity contribution in [3.63, 3.8) is 0 Å². The summed E-state index contributed by atoms with van der Waals surface area (Å²) in [6.45, 7) is 4.41. The number of aliphatic hydroxyl groups excluding tert-OH is 2. The van der Waals surface area contributed by atoms with Gasteiger partial charge in [0.25, 0.3) is 0 Å². The van der Waals surface area contributed by atoms with Gasteiger partial charge in [-0.1, -0.05) is 52.4 Å². The van der Waals surface area contributed by atoms with Gasteiger partial charge in [0.05, 0.1) is 12.2 Å². The molecule has 0 aromatic rings. The number of rotatable bonds is 10. The van der Waals surface area contributed by atoms with Crippen LogP contribution in [-0.4, -0.2) is 22.4 Å². The maximum atomic E-state index is 10.2. The Kier molecular flexibility index (Phi) is 9.54. The van der Waals surface area contributed by atoms with E-state index in [1.54, 1.807) is 0 Å². The molecule has 1 rings (SSSR count). The lowest BCUT2D eigenvalue weighted by atomic mass is 9.75. The number of hydrogen-bond donors (Lipinski definition) is 2. The molecular weight excluding hydrogens is 248 g/mol. The maximum Gasteiger partial charge on any atom is 0.0568 e. The number of unbranched alkanes of at least 4 members (excludes halogenated alkanes) is 4. The topological polar surface area (TPSA) is 40.5 Å². The Morgan fingerprint density at radius 2 is 1.05 bits per heavy atom. The van der Waals surface area contributed by atoms with Crippen LogP contribution in [0.5, 0.6) is 0 Å². The zero-order chi connectivity index (χ0) is 14.8. The smallest absolute Gasteiger partial charge is 0.0568 e. The van der Waals surface area contributed by atoms with Crippen molar-refractivity contribution < 1.29 is 10.2 Å². The van der Waals surface area contributed by atoms with Crippen LogP contribution in [0, 0.1) is 11.8 Å². The lowest BCUT2D eigenvalue weighted by Crippen LogP contribution is -2.30. The highest BCUT2D eigenvalue weighted by Gasteiger charge is 2.29. The molecule has 0 radical (unpaired) electrons. The summed E-state index contributed by atoms with van der Waals surface area (Å²) in [5.74, 6) is 0.983. The first-order valence-electron chi connectivity index (χ1n) is 9.05. The molecule has 0 heterocycles. The van der Waals surface area contributed by atoms with E-state index in [0.29, 0.717) is 11.8 Å². The summed E-state index contributed by atoms with van der Waals surface area (Å²) in [5, 5.41) is 20.5. The highest BCUT2D eigenvalue weighted by Crippen LogP contribution is 2.35. The largest absolute Gasteiger partial charge is 0.393 e. The van der Waals surface area contributed by atoms with E-state index in [-0.39, 0.29) is 12.2 Å². The van der Waals surface area contributed by atoms with Crippen LogP contribution >= 0.6 is 0 Å². The van der Waals surface area contributed by atoms with Crippen molar-refractivity contribution >= 4 is 0 Å². The highest BCUT2D eigenvalue weighted by molar-refractivity contribution is 4.81. The van der Waals surface area contributed by atoms with Gasteiger partial charge in [0.15, 0.2) is 0 Å².